The zero-order chi connectivity index (χ0) is 17.4. The summed E-state index contributed by atoms with van der Waals surface area (Å²) < 4.78 is 9.61. The molecule has 2 atom stereocenters. The Morgan fingerprint density at radius 2 is 1.78 bits per heavy atom. The molecule has 1 aromatic carbocycles. The van der Waals surface area contributed by atoms with Gasteiger partial charge in [-0.25, -0.2) is 14.4 Å². The van der Waals surface area contributed by atoms with E-state index in [-0.39, 0.29) is 29.2 Å². The van der Waals surface area contributed by atoms with E-state index in [1.165, 1.54) is 24.3 Å². The maximum atomic E-state index is 12.0. The van der Waals surface area contributed by atoms with Gasteiger partial charge >= 0.3 is 17.9 Å². The number of esters is 2. The first-order valence-electron chi connectivity index (χ1n) is 6.40. The van der Waals surface area contributed by atoms with E-state index in [1.807, 2.05) is 0 Å². The molecule has 0 aliphatic heterocycles. The van der Waals surface area contributed by atoms with Crippen LogP contribution >= 0.6 is 34.8 Å². The van der Waals surface area contributed by atoms with Crippen molar-refractivity contribution in [2.75, 3.05) is 12.5 Å². The van der Waals surface area contributed by atoms with Crippen LogP contribution in [0.2, 0.25) is 0 Å². The lowest BCUT2D eigenvalue weighted by atomic mass is 10.2. The Morgan fingerprint density at radius 1 is 1.13 bits per heavy atom. The average Bonchev–Trinajstić information content (AvgIpc) is 2.52. The topological polar surface area (TPSA) is 89.9 Å². The predicted molar refractivity (Wildman–Crippen MR) is 84.6 cm³/mol. The summed E-state index contributed by atoms with van der Waals surface area (Å²) in [5.41, 5.74) is -0.0919. The van der Waals surface area contributed by atoms with Crippen molar-refractivity contribution in [2.24, 2.45) is 0 Å². The van der Waals surface area contributed by atoms with Crippen molar-refractivity contribution in [2.45, 2.75) is 17.2 Å². The summed E-state index contributed by atoms with van der Waals surface area (Å²) in [6, 6.07) is 5.59. The second kappa shape index (κ2) is 9.60. The number of para-hydroxylation sites is 1. The summed E-state index contributed by atoms with van der Waals surface area (Å²) >= 11 is 17.4. The molecule has 1 N–H and O–H groups in total. The molecule has 0 bridgehead atoms. The average molecular weight is 384 g/mol. The van der Waals surface area contributed by atoms with Gasteiger partial charge in [-0.3, -0.25) is 0 Å². The molecule has 0 fully saturated rings. The number of halogens is 3. The molecule has 6 nitrogen and oxygen atoms in total. The van der Waals surface area contributed by atoms with Crippen LogP contribution in [0.5, 0.6) is 5.75 Å². The highest BCUT2D eigenvalue weighted by Gasteiger charge is 2.21. The highest BCUT2D eigenvalue weighted by Crippen LogP contribution is 2.20. The minimum atomic E-state index is -1.77. The molecule has 1 aromatic rings. The molecule has 0 amide bonds. The second-order valence-electron chi connectivity index (χ2n) is 4.37. The summed E-state index contributed by atoms with van der Waals surface area (Å²) in [5.74, 6) is -4.09. The second-order valence-corrected chi connectivity index (χ2v) is 5.92. The third-order valence-corrected chi connectivity index (χ3v) is 3.73. The molecule has 0 aliphatic rings. The Morgan fingerprint density at radius 3 is 2.39 bits per heavy atom. The smallest absolute Gasteiger partial charge is 0.422 e. The van der Waals surface area contributed by atoms with E-state index >= 15 is 0 Å². The number of ether oxygens (including phenoxy) is 2. The Hall–Kier alpha value is -1.50. The minimum absolute atomic E-state index is 0.0919. The summed E-state index contributed by atoms with van der Waals surface area (Å²) in [6.45, 7) is -0.123. The molecule has 9 heteroatoms. The fourth-order valence-corrected chi connectivity index (χ4v) is 2.23. The number of alkyl halides is 3. The highest BCUT2D eigenvalue weighted by molar-refractivity contribution is 6.29. The van der Waals surface area contributed by atoms with Gasteiger partial charge < -0.3 is 14.6 Å². The number of carboxylic acids is 1. The summed E-state index contributed by atoms with van der Waals surface area (Å²) in [7, 11) is 0. The molecule has 0 spiro atoms. The van der Waals surface area contributed by atoms with E-state index in [4.69, 9.17) is 44.6 Å². The van der Waals surface area contributed by atoms with E-state index in [0.717, 1.165) is 0 Å². The molecule has 2 unspecified atom stereocenters. The van der Waals surface area contributed by atoms with Crippen LogP contribution in [-0.2, 0) is 14.3 Å². The number of carbonyl (C=O) groups is 3. The fraction of sp³-hybridized carbons (Fsp3) is 0.357. The summed E-state index contributed by atoms with van der Waals surface area (Å²) in [6.07, 6.45) is 0.343. The minimum Gasteiger partial charge on any atom is -0.473 e. The maximum Gasteiger partial charge on any atom is 0.422 e. The van der Waals surface area contributed by atoms with E-state index in [2.05, 4.69) is 4.74 Å². The van der Waals surface area contributed by atoms with Gasteiger partial charge in [-0.2, -0.15) is 0 Å². The number of rotatable bonds is 7. The molecule has 126 valence electrons. The normalized spacial score (nSPS) is 13.0. The van der Waals surface area contributed by atoms with Crippen LogP contribution in [0.15, 0.2) is 24.3 Å². The lowest BCUT2D eigenvalue weighted by molar-refractivity contribution is -0.158. The van der Waals surface area contributed by atoms with Crippen LogP contribution in [-0.4, -0.2) is 46.3 Å². The predicted octanol–water partition coefficient (Wildman–Crippen LogP) is 2.68. The Balaban J connectivity index is 2.69. The van der Waals surface area contributed by atoms with Crippen molar-refractivity contribution < 1.29 is 29.0 Å². The first kappa shape index (κ1) is 19.5. The molecule has 23 heavy (non-hydrogen) atoms. The van der Waals surface area contributed by atoms with Gasteiger partial charge in [-0.05, 0) is 18.6 Å². The molecule has 0 saturated carbocycles. The number of hydrogen-bond acceptors (Lipinski definition) is 5. The Labute approximate surface area is 147 Å². The molecule has 0 radical (unpaired) electrons. The number of hydrogen-bond donors (Lipinski definition) is 1. The lowest BCUT2D eigenvalue weighted by Gasteiger charge is -2.13. The van der Waals surface area contributed by atoms with Gasteiger partial charge in [0.05, 0.1) is 5.38 Å². The van der Waals surface area contributed by atoms with Gasteiger partial charge in [0.15, 0.2) is 0 Å². The van der Waals surface area contributed by atoms with Crippen LogP contribution in [0.25, 0.3) is 0 Å². The van der Waals surface area contributed by atoms with Crippen molar-refractivity contribution in [1.82, 2.24) is 0 Å². The van der Waals surface area contributed by atoms with Crippen molar-refractivity contribution >= 4 is 52.7 Å². The van der Waals surface area contributed by atoms with Gasteiger partial charge in [-0.15, -0.1) is 34.8 Å². The highest BCUT2D eigenvalue weighted by atomic mass is 35.5. The monoisotopic (exact) mass is 382 g/mol. The van der Waals surface area contributed by atoms with Gasteiger partial charge in [0.1, 0.15) is 17.9 Å². The molecule has 0 saturated heterocycles. The Kier molecular flexibility index (Phi) is 8.16. The Bertz CT molecular complexity index is 577. The van der Waals surface area contributed by atoms with Gasteiger partial charge in [-0.1, -0.05) is 12.1 Å². The van der Waals surface area contributed by atoms with Crippen LogP contribution in [0.3, 0.4) is 0 Å². The SMILES string of the molecule is O=C(O)C(=O)Oc1ccccc1C(=O)OCC(Cl)CC(Cl)CCl. The van der Waals surface area contributed by atoms with Gasteiger partial charge in [0.25, 0.3) is 0 Å². The van der Waals surface area contributed by atoms with Crippen molar-refractivity contribution in [3.63, 3.8) is 0 Å². The number of benzene rings is 1. The van der Waals surface area contributed by atoms with Crippen molar-refractivity contribution in [3.8, 4) is 5.75 Å². The molecule has 0 aliphatic carbocycles. The molecule has 1 rings (SSSR count). The summed E-state index contributed by atoms with van der Waals surface area (Å²) in [4.78, 5) is 33.6. The van der Waals surface area contributed by atoms with Gasteiger partial charge in [0, 0.05) is 11.3 Å². The summed E-state index contributed by atoms with van der Waals surface area (Å²) in [5, 5.41) is 7.65. The number of aliphatic carboxylic acids is 1. The van der Waals surface area contributed by atoms with E-state index in [0.29, 0.717) is 6.42 Å². The largest absolute Gasteiger partial charge is 0.473 e. The van der Waals surface area contributed by atoms with Crippen LogP contribution < -0.4 is 4.74 Å². The lowest BCUT2D eigenvalue weighted by Crippen LogP contribution is -2.22. The molecular formula is C14H13Cl3O6. The zero-order valence-corrected chi connectivity index (χ0v) is 14.0. The van der Waals surface area contributed by atoms with Crippen molar-refractivity contribution in [3.05, 3.63) is 29.8 Å². The van der Waals surface area contributed by atoms with Crippen molar-refractivity contribution in [1.29, 1.82) is 0 Å². The van der Waals surface area contributed by atoms with E-state index in [9.17, 15) is 14.4 Å². The molecule has 0 heterocycles. The first-order valence-corrected chi connectivity index (χ1v) is 7.81. The zero-order valence-electron chi connectivity index (χ0n) is 11.7. The third kappa shape index (κ3) is 6.64. The molecule has 0 aromatic heterocycles. The molecular weight excluding hydrogens is 371 g/mol. The van der Waals surface area contributed by atoms with Crippen LogP contribution in [0.4, 0.5) is 0 Å². The van der Waals surface area contributed by atoms with E-state index < -0.39 is 23.3 Å². The number of carboxylic acid groups (broad SMARTS) is 1. The quantitative estimate of drug-likeness (QED) is 0.337. The van der Waals surface area contributed by atoms with Crippen LogP contribution in [0, 0.1) is 0 Å². The maximum absolute atomic E-state index is 12.0. The fourth-order valence-electron chi connectivity index (χ4n) is 1.52. The third-order valence-electron chi connectivity index (χ3n) is 2.56. The van der Waals surface area contributed by atoms with Gasteiger partial charge in [0.2, 0.25) is 0 Å². The number of carbonyl (C=O) groups excluding carboxylic acids is 2. The standard InChI is InChI=1S/C14H13Cl3O6/c15-6-8(16)5-9(17)7-22-13(20)10-3-1-2-4-11(10)23-14(21)12(18)19/h1-4,8-9H,5-7H2,(H,18,19). The van der Waals surface area contributed by atoms with E-state index in [1.54, 1.807) is 0 Å². The first-order chi connectivity index (χ1) is 10.8. The van der Waals surface area contributed by atoms with Crippen LogP contribution in [0.1, 0.15) is 16.8 Å².